The van der Waals surface area contributed by atoms with E-state index in [2.05, 4.69) is 6.07 Å². The number of nitrogens with zero attached hydrogens (tertiary/aromatic N) is 1. The predicted octanol–water partition coefficient (Wildman–Crippen LogP) is 5.26. The maximum Gasteiger partial charge on any atom is 0.200 e. The van der Waals surface area contributed by atoms with Crippen molar-refractivity contribution < 1.29 is 14.3 Å². The molecular weight excluding hydrogens is 426 g/mol. The van der Waals surface area contributed by atoms with E-state index in [0.717, 1.165) is 11.1 Å². The largest absolute Gasteiger partial charge is 0.493 e. The number of rotatable bonds is 6. The molecule has 0 atom stereocenters. The molecule has 4 rings (SSSR count). The van der Waals surface area contributed by atoms with E-state index in [1.165, 1.54) is 7.11 Å². The zero-order valence-corrected chi connectivity index (χ0v) is 18.8. The quantitative estimate of drug-likeness (QED) is 0.378. The highest BCUT2D eigenvalue weighted by atomic mass is 35.5. The van der Waals surface area contributed by atoms with E-state index in [1.807, 2.05) is 29.7 Å². The van der Waals surface area contributed by atoms with E-state index in [9.17, 15) is 9.59 Å². The molecule has 0 amide bonds. The van der Waals surface area contributed by atoms with Crippen LogP contribution in [0.5, 0.6) is 11.5 Å². The van der Waals surface area contributed by atoms with Crippen molar-refractivity contribution in [1.29, 1.82) is 0 Å². The molecular formula is C26H22ClNO4. The molecule has 32 heavy (non-hydrogen) atoms. The van der Waals surface area contributed by atoms with Gasteiger partial charge in [0, 0.05) is 29.4 Å². The van der Waals surface area contributed by atoms with Crippen LogP contribution in [0.2, 0.25) is 5.02 Å². The molecule has 0 saturated heterocycles. The summed E-state index contributed by atoms with van der Waals surface area (Å²) < 4.78 is 12.7. The van der Waals surface area contributed by atoms with Gasteiger partial charge in [0.25, 0.3) is 0 Å². The molecule has 0 aliphatic rings. The first-order chi connectivity index (χ1) is 15.4. The summed E-state index contributed by atoms with van der Waals surface area (Å²) in [5, 5.41) is 0.906. The summed E-state index contributed by atoms with van der Waals surface area (Å²) in [5.74, 6) is 0.575. The van der Waals surface area contributed by atoms with Gasteiger partial charge in [0.2, 0.25) is 5.43 Å². The van der Waals surface area contributed by atoms with Crippen molar-refractivity contribution in [2.45, 2.75) is 13.5 Å². The van der Waals surface area contributed by atoms with Crippen LogP contribution in [0.4, 0.5) is 0 Å². The van der Waals surface area contributed by atoms with Gasteiger partial charge in [0.15, 0.2) is 17.3 Å². The monoisotopic (exact) mass is 447 g/mol. The van der Waals surface area contributed by atoms with Gasteiger partial charge < -0.3 is 14.0 Å². The Hall–Kier alpha value is -3.57. The van der Waals surface area contributed by atoms with Crippen molar-refractivity contribution in [1.82, 2.24) is 4.57 Å². The van der Waals surface area contributed by atoms with Gasteiger partial charge in [-0.05, 0) is 42.8 Å². The molecule has 0 radical (unpaired) electrons. The Morgan fingerprint density at radius 2 is 1.66 bits per heavy atom. The Balaban J connectivity index is 1.96. The second-order valence-corrected chi connectivity index (χ2v) is 7.99. The molecule has 3 aromatic carbocycles. The van der Waals surface area contributed by atoms with Gasteiger partial charge in [-0.1, -0.05) is 41.4 Å². The van der Waals surface area contributed by atoms with Gasteiger partial charge >= 0.3 is 0 Å². The lowest BCUT2D eigenvalue weighted by Crippen LogP contribution is -2.20. The van der Waals surface area contributed by atoms with E-state index < -0.39 is 0 Å². The van der Waals surface area contributed by atoms with Gasteiger partial charge in [-0.2, -0.15) is 0 Å². The Morgan fingerprint density at radius 3 is 2.31 bits per heavy atom. The molecule has 5 nitrogen and oxygen atoms in total. The standard InChI is InChI=1S/C26H22ClNO4/c1-16-5-4-6-17(11-16)14-28-15-21(25(29)18-7-9-19(27)10-8-18)26(30)20-12-23(31-2)24(32-3)13-22(20)28/h4-13,15H,14H2,1-3H3. The van der Waals surface area contributed by atoms with Crippen molar-refractivity contribution in [2.24, 2.45) is 0 Å². The summed E-state index contributed by atoms with van der Waals surface area (Å²) in [6, 6.07) is 18.0. The molecule has 0 spiro atoms. The van der Waals surface area contributed by atoms with Gasteiger partial charge in [-0.25, -0.2) is 0 Å². The van der Waals surface area contributed by atoms with Crippen LogP contribution in [-0.4, -0.2) is 24.6 Å². The Bertz CT molecular complexity index is 1370. The summed E-state index contributed by atoms with van der Waals surface area (Å²) >= 11 is 5.96. The lowest BCUT2D eigenvalue weighted by Gasteiger charge is -2.16. The lowest BCUT2D eigenvalue weighted by molar-refractivity contribution is 0.103. The first kappa shape index (κ1) is 21.7. The minimum atomic E-state index is -0.360. The number of ether oxygens (including phenoxy) is 2. The van der Waals surface area contributed by atoms with E-state index in [1.54, 1.807) is 49.7 Å². The summed E-state index contributed by atoms with van der Waals surface area (Å²) in [6.45, 7) is 2.51. The van der Waals surface area contributed by atoms with Crippen molar-refractivity contribution in [3.8, 4) is 11.5 Å². The van der Waals surface area contributed by atoms with Crippen molar-refractivity contribution in [2.75, 3.05) is 14.2 Å². The van der Waals surface area contributed by atoms with Crippen LogP contribution in [0.1, 0.15) is 27.0 Å². The van der Waals surface area contributed by atoms with Crippen LogP contribution < -0.4 is 14.9 Å². The van der Waals surface area contributed by atoms with Gasteiger partial charge in [-0.3, -0.25) is 9.59 Å². The lowest BCUT2D eigenvalue weighted by atomic mass is 10.0. The molecule has 0 aliphatic heterocycles. The molecule has 4 aromatic rings. The molecule has 1 heterocycles. The molecule has 6 heteroatoms. The summed E-state index contributed by atoms with van der Waals surface area (Å²) in [6.07, 6.45) is 1.62. The Labute approximate surface area is 190 Å². The molecule has 1 aromatic heterocycles. The predicted molar refractivity (Wildman–Crippen MR) is 126 cm³/mol. The number of methoxy groups -OCH3 is 2. The molecule has 0 unspecified atom stereocenters. The van der Waals surface area contributed by atoms with Crippen LogP contribution in [0.3, 0.4) is 0 Å². The number of aryl methyl sites for hydroxylation is 1. The summed E-state index contributed by atoms with van der Waals surface area (Å²) in [4.78, 5) is 26.6. The zero-order chi connectivity index (χ0) is 22.8. The molecule has 0 fully saturated rings. The SMILES string of the molecule is COc1cc2c(=O)c(C(=O)c3ccc(Cl)cc3)cn(Cc3cccc(C)c3)c2cc1OC. The molecule has 162 valence electrons. The number of fused-ring (bicyclic) bond motifs is 1. The van der Waals surface area contributed by atoms with Gasteiger partial charge in [0.05, 0.1) is 30.7 Å². The van der Waals surface area contributed by atoms with Crippen molar-refractivity contribution in [3.05, 3.63) is 104 Å². The second-order valence-electron chi connectivity index (χ2n) is 7.55. The number of ketones is 1. The average Bonchev–Trinajstić information content (AvgIpc) is 2.80. The highest BCUT2D eigenvalue weighted by Gasteiger charge is 2.19. The van der Waals surface area contributed by atoms with E-state index in [-0.39, 0.29) is 16.8 Å². The number of carbonyl (C=O) groups is 1. The van der Waals surface area contributed by atoms with Crippen LogP contribution >= 0.6 is 11.6 Å². The fourth-order valence-electron chi connectivity index (χ4n) is 3.77. The van der Waals surface area contributed by atoms with Crippen LogP contribution in [0.15, 0.2) is 71.7 Å². The van der Waals surface area contributed by atoms with Crippen molar-refractivity contribution >= 4 is 28.3 Å². The number of pyridine rings is 1. The third-order valence-electron chi connectivity index (χ3n) is 5.37. The second kappa shape index (κ2) is 8.89. The third-order valence-corrected chi connectivity index (χ3v) is 5.62. The van der Waals surface area contributed by atoms with Crippen LogP contribution in [-0.2, 0) is 6.54 Å². The fraction of sp³-hybridized carbons (Fsp3) is 0.154. The first-order valence-electron chi connectivity index (χ1n) is 10.1. The third kappa shape index (κ3) is 4.12. The minimum absolute atomic E-state index is 0.0831. The summed E-state index contributed by atoms with van der Waals surface area (Å²) in [7, 11) is 3.06. The van der Waals surface area contributed by atoms with Crippen LogP contribution in [0.25, 0.3) is 10.9 Å². The normalized spacial score (nSPS) is 10.9. The molecule has 0 saturated carbocycles. The summed E-state index contributed by atoms with van der Waals surface area (Å²) in [5.41, 5.74) is 2.95. The fourth-order valence-corrected chi connectivity index (χ4v) is 3.90. The smallest absolute Gasteiger partial charge is 0.200 e. The maximum absolute atomic E-state index is 13.4. The number of benzene rings is 3. The Morgan fingerprint density at radius 1 is 0.969 bits per heavy atom. The first-order valence-corrected chi connectivity index (χ1v) is 10.4. The minimum Gasteiger partial charge on any atom is -0.493 e. The highest BCUT2D eigenvalue weighted by molar-refractivity contribution is 6.30. The number of carbonyl (C=O) groups excluding carboxylic acids is 1. The van der Waals surface area contributed by atoms with Gasteiger partial charge in [0.1, 0.15) is 0 Å². The van der Waals surface area contributed by atoms with Crippen molar-refractivity contribution in [3.63, 3.8) is 0 Å². The number of hydrogen-bond donors (Lipinski definition) is 0. The van der Waals surface area contributed by atoms with E-state index in [0.29, 0.717) is 39.5 Å². The zero-order valence-electron chi connectivity index (χ0n) is 18.0. The van der Waals surface area contributed by atoms with E-state index >= 15 is 0 Å². The molecule has 0 aliphatic carbocycles. The van der Waals surface area contributed by atoms with Gasteiger partial charge in [-0.15, -0.1) is 0 Å². The molecule has 0 N–H and O–H groups in total. The highest BCUT2D eigenvalue weighted by Crippen LogP contribution is 2.31. The number of hydrogen-bond acceptors (Lipinski definition) is 4. The Kier molecular flexibility index (Phi) is 6.01. The topological polar surface area (TPSA) is 57.5 Å². The maximum atomic E-state index is 13.4. The molecule has 0 bridgehead atoms. The van der Waals surface area contributed by atoms with E-state index in [4.69, 9.17) is 21.1 Å². The van der Waals surface area contributed by atoms with Crippen LogP contribution in [0, 0.1) is 6.92 Å². The average molecular weight is 448 g/mol. The number of halogens is 1. The number of aromatic nitrogens is 1.